The lowest BCUT2D eigenvalue weighted by atomic mass is 9.75. The predicted octanol–water partition coefficient (Wildman–Crippen LogP) is 2.80. The van der Waals surface area contributed by atoms with E-state index >= 15 is 0 Å². The smallest absolute Gasteiger partial charge is 0.395 e. The van der Waals surface area contributed by atoms with Gasteiger partial charge < -0.3 is 15.3 Å². The van der Waals surface area contributed by atoms with Gasteiger partial charge in [-0.2, -0.15) is 18.4 Å². The number of aliphatic hydroxyl groups is 1. The van der Waals surface area contributed by atoms with Crippen LogP contribution in [0, 0.1) is 11.3 Å². The number of benzene rings is 1. The lowest BCUT2D eigenvalue weighted by molar-refractivity contribution is -0.138. The topological polar surface area (TPSA) is 95.7 Å². The number of hydrogen-bond acceptors (Lipinski definition) is 7. The highest BCUT2D eigenvalue weighted by molar-refractivity contribution is 7.81. The summed E-state index contributed by atoms with van der Waals surface area (Å²) < 4.78 is 40.8. The Balaban J connectivity index is 1.42. The molecule has 2 aromatic rings. The molecule has 1 aromatic carbocycles. The molecule has 0 radical (unpaired) electrons. The largest absolute Gasteiger partial charge is 0.419 e. The van der Waals surface area contributed by atoms with Crippen molar-refractivity contribution in [2.24, 2.45) is 0 Å². The molecule has 5 rings (SSSR count). The van der Waals surface area contributed by atoms with E-state index in [0.29, 0.717) is 25.1 Å². The molecule has 1 amide bonds. The summed E-state index contributed by atoms with van der Waals surface area (Å²) in [5.74, 6) is -0.276. The van der Waals surface area contributed by atoms with Crippen molar-refractivity contribution in [2.75, 3.05) is 36.0 Å². The molecule has 2 saturated heterocycles. The monoisotopic (exact) mass is 530 g/mol. The number of piperazine rings is 1. The van der Waals surface area contributed by atoms with Crippen LogP contribution in [0.5, 0.6) is 0 Å². The van der Waals surface area contributed by atoms with E-state index in [1.165, 1.54) is 22.1 Å². The van der Waals surface area contributed by atoms with Crippen LogP contribution in [0.4, 0.5) is 24.5 Å². The zero-order valence-electron chi connectivity index (χ0n) is 19.8. The summed E-state index contributed by atoms with van der Waals surface area (Å²) in [4.78, 5) is 22.5. The Labute approximate surface area is 217 Å². The maximum absolute atomic E-state index is 13.6. The van der Waals surface area contributed by atoms with Gasteiger partial charge in [0.1, 0.15) is 11.6 Å². The van der Waals surface area contributed by atoms with E-state index in [2.05, 4.69) is 15.2 Å². The number of nitriles is 1. The van der Waals surface area contributed by atoms with Crippen molar-refractivity contribution in [3.8, 4) is 6.07 Å². The highest BCUT2D eigenvalue weighted by Gasteiger charge is 2.59. The minimum Gasteiger partial charge on any atom is -0.395 e. The molecule has 3 heterocycles. The molecule has 3 fully saturated rings. The summed E-state index contributed by atoms with van der Waals surface area (Å²) in [5, 5.41) is 21.9. The van der Waals surface area contributed by atoms with Crippen molar-refractivity contribution < 1.29 is 23.1 Å². The van der Waals surface area contributed by atoms with Gasteiger partial charge in [-0.3, -0.25) is 14.6 Å². The van der Waals surface area contributed by atoms with E-state index in [4.69, 9.17) is 17.5 Å². The predicted molar refractivity (Wildman–Crippen MR) is 134 cm³/mol. The van der Waals surface area contributed by atoms with E-state index in [0.717, 1.165) is 37.7 Å². The van der Waals surface area contributed by atoms with Gasteiger partial charge in [-0.25, -0.2) is 4.98 Å². The first-order valence-corrected chi connectivity index (χ1v) is 12.4. The summed E-state index contributed by atoms with van der Waals surface area (Å²) in [6.45, 7) is 3.12. The minimum atomic E-state index is -4.77. The van der Waals surface area contributed by atoms with Crippen LogP contribution in [0.15, 0.2) is 36.5 Å². The molecule has 1 atom stereocenters. The summed E-state index contributed by atoms with van der Waals surface area (Å²) >= 11 is 5.66. The maximum Gasteiger partial charge on any atom is 0.419 e. The van der Waals surface area contributed by atoms with Crippen molar-refractivity contribution in [3.05, 3.63) is 53.3 Å². The number of amides is 1. The standard InChI is InChI=1S/C25H25F3N6O2S/c26-25(27,28)20-10-19(12-31-21(20)11-29)34-23(37)33(22(36)24(34)6-1-7-24)18-4-2-16(3-5-18)13-32-9-8-30-17(14-32)15-35/h2-5,10,12,17,30,35H,1,6-9,13-15H2/t17-/m1/s1. The number of thiocarbonyl (C=S) groups is 1. The number of pyridine rings is 1. The van der Waals surface area contributed by atoms with Gasteiger partial charge >= 0.3 is 6.18 Å². The zero-order chi connectivity index (χ0) is 26.4. The van der Waals surface area contributed by atoms with Crippen LogP contribution in [0.1, 0.15) is 36.1 Å². The number of aliphatic hydroxyl groups excluding tert-OH is 1. The lowest BCUT2D eigenvalue weighted by Gasteiger charge is -2.42. The third kappa shape index (κ3) is 4.46. The molecule has 194 valence electrons. The third-order valence-electron chi connectivity index (χ3n) is 7.30. The average Bonchev–Trinajstić information content (AvgIpc) is 3.10. The normalized spacial score (nSPS) is 21.9. The number of nitrogens with zero attached hydrogens (tertiary/aromatic N) is 5. The highest BCUT2D eigenvalue weighted by Crippen LogP contribution is 2.48. The van der Waals surface area contributed by atoms with Crippen LogP contribution in [0.2, 0.25) is 0 Å². The Morgan fingerprint density at radius 3 is 2.57 bits per heavy atom. The van der Waals surface area contributed by atoms with Crippen LogP contribution < -0.4 is 15.1 Å². The fourth-order valence-corrected chi connectivity index (χ4v) is 5.73. The van der Waals surface area contributed by atoms with Gasteiger partial charge in [0.05, 0.1) is 29.7 Å². The van der Waals surface area contributed by atoms with Gasteiger partial charge in [0.15, 0.2) is 10.8 Å². The van der Waals surface area contributed by atoms with Crippen LogP contribution in [-0.2, 0) is 17.5 Å². The quantitative estimate of drug-likeness (QED) is 0.570. The highest BCUT2D eigenvalue weighted by atomic mass is 32.1. The third-order valence-corrected chi connectivity index (χ3v) is 7.66. The van der Waals surface area contributed by atoms with E-state index < -0.39 is 23.0 Å². The van der Waals surface area contributed by atoms with E-state index in [1.54, 1.807) is 12.1 Å². The molecule has 1 aliphatic carbocycles. The molecular weight excluding hydrogens is 505 g/mol. The summed E-state index contributed by atoms with van der Waals surface area (Å²) in [7, 11) is 0. The number of rotatable bonds is 5. The Kier molecular flexibility index (Phi) is 6.66. The molecule has 2 aliphatic heterocycles. The Bertz CT molecular complexity index is 1260. The molecule has 3 aliphatic rings. The Hall–Kier alpha value is -3.11. The maximum atomic E-state index is 13.6. The average molecular weight is 531 g/mol. The molecule has 8 nitrogen and oxygen atoms in total. The number of halogens is 3. The van der Waals surface area contributed by atoms with Gasteiger partial charge in [-0.1, -0.05) is 12.1 Å². The molecule has 0 unspecified atom stereocenters. The van der Waals surface area contributed by atoms with Crippen molar-refractivity contribution >= 4 is 34.6 Å². The van der Waals surface area contributed by atoms with Crippen molar-refractivity contribution in [2.45, 2.75) is 43.6 Å². The number of anilines is 2. The van der Waals surface area contributed by atoms with Crippen molar-refractivity contribution in [1.29, 1.82) is 5.26 Å². The first-order valence-electron chi connectivity index (χ1n) is 12.0. The summed E-state index contributed by atoms with van der Waals surface area (Å²) in [6, 6.07) is 9.76. The molecular formula is C25H25F3N6O2S. The lowest BCUT2D eigenvalue weighted by Crippen LogP contribution is -2.55. The van der Waals surface area contributed by atoms with Crippen LogP contribution in [0.3, 0.4) is 0 Å². The number of hydrogen-bond donors (Lipinski definition) is 2. The van der Waals surface area contributed by atoms with Gasteiger partial charge in [0.25, 0.3) is 5.91 Å². The first-order chi connectivity index (χ1) is 17.7. The number of carbonyl (C=O) groups is 1. The second-order valence-electron chi connectivity index (χ2n) is 9.58. The molecule has 12 heteroatoms. The van der Waals surface area contributed by atoms with Crippen LogP contribution >= 0.6 is 12.2 Å². The van der Waals surface area contributed by atoms with Crippen LogP contribution in [-0.4, -0.2) is 63.8 Å². The minimum absolute atomic E-state index is 0.0341. The van der Waals surface area contributed by atoms with Crippen molar-refractivity contribution in [3.63, 3.8) is 0 Å². The van der Waals surface area contributed by atoms with E-state index in [-0.39, 0.29) is 29.4 Å². The second kappa shape index (κ2) is 9.64. The Morgan fingerprint density at radius 1 is 1.24 bits per heavy atom. The molecule has 1 saturated carbocycles. The molecule has 37 heavy (non-hydrogen) atoms. The molecule has 1 spiro atoms. The number of aromatic nitrogens is 1. The van der Waals surface area contributed by atoms with Crippen LogP contribution in [0.25, 0.3) is 0 Å². The number of nitrogens with one attached hydrogen (secondary N) is 1. The number of alkyl halides is 3. The zero-order valence-corrected chi connectivity index (χ0v) is 20.6. The van der Waals surface area contributed by atoms with E-state index in [1.807, 2.05) is 12.1 Å². The fraction of sp³-hybridized carbons (Fsp3) is 0.440. The van der Waals surface area contributed by atoms with Crippen molar-refractivity contribution in [1.82, 2.24) is 15.2 Å². The fourth-order valence-electron chi connectivity index (χ4n) is 5.26. The first kappa shape index (κ1) is 25.5. The second-order valence-corrected chi connectivity index (χ2v) is 9.94. The molecule has 2 N–H and O–H groups in total. The molecule has 1 aromatic heterocycles. The Morgan fingerprint density at radius 2 is 1.97 bits per heavy atom. The van der Waals surface area contributed by atoms with E-state index in [9.17, 15) is 23.1 Å². The number of carbonyl (C=O) groups excluding carboxylic acids is 1. The summed E-state index contributed by atoms with van der Waals surface area (Å²) in [6.07, 6.45) is -1.95. The van der Waals surface area contributed by atoms with Gasteiger partial charge in [-0.05, 0) is 55.2 Å². The SMILES string of the molecule is N#Cc1ncc(N2C(=S)N(c3ccc(CN4CCN[C@@H](CO)C4)cc3)C(=O)C23CCC3)cc1C(F)(F)F. The molecule has 0 bridgehead atoms. The van der Waals surface area contributed by atoms with Gasteiger partial charge in [-0.15, -0.1) is 0 Å². The van der Waals surface area contributed by atoms with Gasteiger partial charge in [0, 0.05) is 32.2 Å². The van der Waals surface area contributed by atoms with Gasteiger partial charge in [0.2, 0.25) is 0 Å². The summed E-state index contributed by atoms with van der Waals surface area (Å²) in [5.41, 5.74) is -1.33.